The van der Waals surface area contributed by atoms with Crippen LogP contribution in [0.15, 0.2) is 0 Å². The average Bonchev–Trinajstić information content (AvgIpc) is 3.17. The van der Waals surface area contributed by atoms with E-state index in [2.05, 4.69) is 13.8 Å². The van der Waals surface area contributed by atoms with E-state index in [0.29, 0.717) is 24.1 Å². The molecule has 12 heteroatoms. The minimum Gasteiger partial charge on any atom is -0.756 e. The Bertz CT molecular complexity index is 979. The number of aliphatic hydroxyl groups is 1. The molecular weight excluding hydrogens is 757 g/mol. The summed E-state index contributed by atoms with van der Waals surface area (Å²) < 4.78 is 39.2. The fourth-order valence-electron chi connectivity index (χ4n) is 6.80. The minimum atomic E-state index is -4.86. The summed E-state index contributed by atoms with van der Waals surface area (Å²) in [5, 5.41) is 10.1. The summed E-state index contributed by atoms with van der Waals surface area (Å²) >= 11 is 0. The highest BCUT2D eigenvalue weighted by molar-refractivity contribution is 7.45. The van der Waals surface area contributed by atoms with E-state index in [-0.39, 0.29) is 26.1 Å². The van der Waals surface area contributed by atoms with Gasteiger partial charge in [0.15, 0.2) is 12.8 Å². The molecular formula is C46H92NO10P. The van der Waals surface area contributed by atoms with E-state index in [9.17, 15) is 24.2 Å². The smallest absolute Gasteiger partial charge is 0.306 e. The van der Waals surface area contributed by atoms with Gasteiger partial charge in [-0.2, -0.15) is 0 Å². The van der Waals surface area contributed by atoms with Gasteiger partial charge in [0, 0.05) is 12.8 Å². The van der Waals surface area contributed by atoms with Crippen LogP contribution in [0.2, 0.25) is 0 Å². The lowest BCUT2D eigenvalue weighted by molar-refractivity contribution is -0.890. The lowest BCUT2D eigenvalue weighted by Crippen LogP contribution is -2.38. The van der Waals surface area contributed by atoms with Crippen LogP contribution in [0.1, 0.15) is 219 Å². The summed E-state index contributed by atoms with van der Waals surface area (Å²) in [5.74, 6) is -0.912. The largest absolute Gasteiger partial charge is 0.756 e. The predicted octanol–water partition coefficient (Wildman–Crippen LogP) is 11.5. The van der Waals surface area contributed by atoms with E-state index in [1.807, 2.05) is 21.1 Å². The topological polar surface area (TPSA) is 141 Å². The number of nitrogens with zero attached hydrogens (tertiary/aromatic N) is 1. The fraction of sp³-hybridized carbons (Fsp3) is 0.957. The van der Waals surface area contributed by atoms with Gasteiger partial charge in [-0.15, -0.1) is 0 Å². The lowest BCUT2D eigenvalue weighted by Gasteiger charge is -2.27. The molecule has 0 amide bonds. The number of carbonyl (C=O) groups excluding carboxylic acids is 2. The Labute approximate surface area is 356 Å². The van der Waals surface area contributed by atoms with Crippen LogP contribution in [-0.2, 0) is 37.4 Å². The molecule has 58 heavy (non-hydrogen) atoms. The number of ether oxygens (including phenoxy) is 3. The van der Waals surface area contributed by atoms with Crippen molar-refractivity contribution in [2.45, 2.75) is 232 Å². The summed E-state index contributed by atoms with van der Waals surface area (Å²) in [6.45, 7) is 3.30. The van der Waals surface area contributed by atoms with Gasteiger partial charge in [0.05, 0.1) is 41.0 Å². The van der Waals surface area contributed by atoms with Crippen molar-refractivity contribution in [3.63, 3.8) is 0 Å². The Morgan fingerprint density at radius 3 is 1.24 bits per heavy atom. The van der Waals surface area contributed by atoms with E-state index in [0.717, 1.165) is 32.1 Å². The Hall–Kier alpha value is -1.07. The van der Waals surface area contributed by atoms with Gasteiger partial charge in [-0.3, -0.25) is 14.2 Å². The van der Waals surface area contributed by atoms with Crippen molar-refractivity contribution >= 4 is 19.8 Å². The van der Waals surface area contributed by atoms with Crippen LogP contribution in [0.3, 0.4) is 0 Å². The molecule has 11 nitrogen and oxygen atoms in total. The molecule has 0 aliphatic carbocycles. The predicted molar refractivity (Wildman–Crippen MR) is 234 cm³/mol. The summed E-state index contributed by atoms with van der Waals surface area (Å²) in [6, 6.07) is 0. The van der Waals surface area contributed by atoms with Crippen LogP contribution >= 0.6 is 7.82 Å². The number of esters is 2. The molecule has 0 aromatic carbocycles. The maximum Gasteiger partial charge on any atom is 0.306 e. The zero-order valence-electron chi connectivity index (χ0n) is 38.3. The van der Waals surface area contributed by atoms with E-state index < -0.39 is 45.2 Å². The first kappa shape index (κ1) is 56.9. The first-order valence-electron chi connectivity index (χ1n) is 23.9. The van der Waals surface area contributed by atoms with E-state index >= 15 is 0 Å². The third-order valence-electron chi connectivity index (χ3n) is 10.3. The van der Waals surface area contributed by atoms with Crippen LogP contribution < -0.4 is 4.89 Å². The highest BCUT2D eigenvalue weighted by Gasteiger charge is 2.22. The molecule has 0 rings (SSSR count). The van der Waals surface area contributed by atoms with Crippen LogP contribution in [0, 0.1) is 0 Å². The van der Waals surface area contributed by atoms with Crippen molar-refractivity contribution in [2.24, 2.45) is 0 Å². The number of phosphoric acid groups is 1. The molecule has 346 valence electrons. The average molecular weight is 850 g/mol. The molecule has 0 spiro atoms. The third kappa shape index (κ3) is 43.0. The molecule has 0 saturated carbocycles. The van der Waals surface area contributed by atoms with Crippen molar-refractivity contribution in [1.82, 2.24) is 0 Å². The fourth-order valence-corrected chi connectivity index (χ4v) is 7.58. The van der Waals surface area contributed by atoms with Crippen LogP contribution in [0.4, 0.5) is 0 Å². The van der Waals surface area contributed by atoms with Gasteiger partial charge in [-0.25, -0.2) is 0 Å². The lowest BCUT2D eigenvalue weighted by atomic mass is 10.0. The second-order valence-corrected chi connectivity index (χ2v) is 19.1. The van der Waals surface area contributed by atoms with Crippen molar-refractivity contribution in [3.05, 3.63) is 0 Å². The molecule has 3 atom stereocenters. The molecule has 1 N–H and O–H groups in total. The number of aliphatic hydroxyl groups excluding tert-OH is 1. The molecule has 0 aliphatic rings. The van der Waals surface area contributed by atoms with Crippen LogP contribution in [0.5, 0.6) is 0 Å². The first-order valence-corrected chi connectivity index (χ1v) is 25.4. The summed E-state index contributed by atoms with van der Waals surface area (Å²) in [5.41, 5.74) is 0. The molecule has 0 aliphatic heterocycles. The molecule has 0 radical (unpaired) electrons. The molecule has 0 aromatic rings. The number of rotatable bonds is 45. The van der Waals surface area contributed by atoms with Crippen molar-refractivity contribution in [2.75, 3.05) is 54.3 Å². The molecule has 0 aromatic heterocycles. The Morgan fingerprint density at radius 1 is 0.517 bits per heavy atom. The SMILES string of the molecule is CCCCCCCCCCCCCCCCCC(=O)OCC(COP(=O)([O-])OCC(O)COC[N+](C)(C)C)OC(=O)CCCCCCCCCCCCCCCCC. The zero-order valence-corrected chi connectivity index (χ0v) is 39.2. The maximum absolute atomic E-state index is 12.7. The monoisotopic (exact) mass is 850 g/mol. The van der Waals surface area contributed by atoms with Crippen LogP contribution in [0.25, 0.3) is 0 Å². The van der Waals surface area contributed by atoms with Gasteiger partial charge in [-0.05, 0) is 12.8 Å². The molecule has 0 saturated heterocycles. The summed E-state index contributed by atoms with van der Waals surface area (Å²) in [6.07, 6.45) is 35.0. The second kappa shape index (κ2) is 40.0. The standard InChI is InChI=1S/C46H92NO10P/c1-6-8-10-12-14-16-18-20-22-24-26-28-30-32-34-36-45(49)54-40-44(41-56-58(51,52)55-39-43(48)38-53-42-47(3,4)5)57-46(50)37-35-33-31-29-27-25-23-21-19-17-15-13-11-9-7-2/h43-44,48H,6-42H2,1-5H3. The number of hydrogen-bond acceptors (Lipinski definition) is 10. The zero-order chi connectivity index (χ0) is 43.0. The Kier molecular flexibility index (Phi) is 39.3. The van der Waals surface area contributed by atoms with E-state index in [1.54, 1.807) is 0 Å². The number of phosphoric ester groups is 1. The normalized spacial score (nSPS) is 14.0. The van der Waals surface area contributed by atoms with Gasteiger partial charge in [0.1, 0.15) is 12.7 Å². The maximum atomic E-state index is 12.7. The van der Waals surface area contributed by atoms with Gasteiger partial charge >= 0.3 is 11.9 Å². The Balaban J connectivity index is 4.47. The van der Waals surface area contributed by atoms with Crippen LogP contribution in [-0.4, -0.2) is 88.0 Å². The minimum absolute atomic E-state index is 0.107. The highest BCUT2D eigenvalue weighted by atomic mass is 31.2. The summed E-state index contributed by atoms with van der Waals surface area (Å²) in [7, 11) is 0.907. The second-order valence-electron chi connectivity index (χ2n) is 17.7. The van der Waals surface area contributed by atoms with Gasteiger partial charge < -0.3 is 37.7 Å². The van der Waals surface area contributed by atoms with Crippen molar-refractivity contribution < 1.29 is 51.9 Å². The van der Waals surface area contributed by atoms with Gasteiger partial charge in [-0.1, -0.05) is 194 Å². The third-order valence-corrected chi connectivity index (χ3v) is 11.3. The van der Waals surface area contributed by atoms with Gasteiger partial charge in [0.2, 0.25) is 0 Å². The molecule has 0 fully saturated rings. The number of quaternary nitrogens is 1. The first-order chi connectivity index (χ1) is 27.9. The molecule has 3 unspecified atom stereocenters. The Morgan fingerprint density at radius 2 is 0.862 bits per heavy atom. The quantitative estimate of drug-likeness (QED) is 0.0207. The highest BCUT2D eigenvalue weighted by Crippen LogP contribution is 2.38. The number of carbonyl (C=O) groups is 2. The molecule has 0 heterocycles. The van der Waals surface area contributed by atoms with Gasteiger partial charge in [0.25, 0.3) is 7.82 Å². The van der Waals surface area contributed by atoms with Crippen molar-refractivity contribution in [1.29, 1.82) is 0 Å². The van der Waals surface area contributed by atoms with E-state index in [1.165, 1.54) is 148 Å². The van der Waals surface area contributed by atoms with E-state index in [4.69, 9.17) is 23.3 Å². The summed E-state index contributed by atoms with van der Waals surface area (Å²) in [4.78, 5) is 37.7. The number of hydrogen-bond donors (Lipinski definition) is 1. The molecule has 0 bridgehead atoms. The van der Waals surface area contributed by atoms with Crippen molar-refractivity contribution in [3.8, 4) is 0 Å². The number of unbranched alkanes of at least 4 members (excludes halogenated alkanes) is 28.